The fraction of sp³-hybridized carbons (Fsp3) is 0.0952. The highest BCUT2D eigenvalue weighted by molar-refractivity contribution is 7.98. The molecule has 144 valence electrons. The maximum atomic E-state index is 13.2. The van der Waals surface area contributed by atoms with E-state index >= 15 is 0 Å². The molecule has 8 heteroatoms. The largest absolute Gasteiger partial charge is 0.455 e. The van der Waals surface area contributed by atoms with Gasteiger partial charge in [-0.25, -0.2) is 4.39 Å². The number of furan rings is 1. The number of aromatic nitrogens is 3. The van der Waals surface area contributed by atoms with E-state index in [0.717, 1.165) is 16.8 Å². The summed E-state index contributed by atoms with van der Waals surface area (Å²) in [4.78, 5) is 4.48. The number of nitrogens with one attached hydrogen (secondary N) is 1. The van der Waals surface area contributed by atoms with Crippen molar-refractivity contribution in [3.05, 3.63) is 72.2 Å². The molecule has 0 radical (unpaired) electrons. The van der Waals surface area contributed by atoms with Crippen LogP contribution >= 0.6 is 11.8 Å². The van der Waals surface area contributed by atoms with Crippen LogP contribution in [0.4, 0.5) is 10.1 Å². The van der Waals surface area contributed by atoms with Gasteiger partial charge in [0.1, 0.15) is 11.6 Å². The Kier molecular flexibility index (Phi) is 4.40. The van der Waals surface area contributed by atoms with Gasteiger partial charge in [0, 0.05) is 16.8 Å². The van der Waals surface area contributed by atoms with E-state index in [0.29, 0.717) is 28.3 Å². The van der Waals surface area contributed by atoms with E-state index in [2.05, 4.69) is 20.5 Å². The number of fused-ring (bicyclic) bond motifs is 3. The summed E-state index contributed by atoms with van der Waals surface area (Å²) in [7, 11) is 0. The molecule has 0 fully saturated rings. The van der Waals surface area contributed by atoms with Crippen molar-refractivity contribution in [3.63, 3.8) is 0 Å². The Morgan fingerprint density at radius 1 is 1.00 bits per heavy atom. The standard InChI is InChI=1S/C21H15FN4O2S/c1-29-21-24-20-18(25-26-21)14-4-2-3-5-15(14)23-19(28-20)17-11-10-16(27-17)12-6-8-13(22)9-7-12/h2-11,19,23H,1H3. The number of benzene rings is 2. The Morgan fingerprint density at radius 3 is 2.66 bits per heavy atom. The number of thioether (sulfide) groups is 1. The van der Waals surface area contributed by atoms with Crippen LogP contribution in [0.5, 0.6) is 5.88 Å². The molecule has 1 unspecified atom stereocenters. The van der Waals surface area contributed by atoms with Gasteiger partial charge in [-0.3, -0.25) is 0 Å². The third kappa shape index (κ3) is 3.31. The molecule has 4 aromatic rings. The van der Waals surface area contributed by atoms with E-state index in [9.17, 15) is 4.39 Å². The van der Waals surface area contributed by atoms with Crippen LogP contribution in [0.25, 0.3) is 22.6 Å². The van der Waals surface area contributed by atoms with Crippen LogP contribution in [-0.4, -0.2) is 21.4 Å². The van der Waals surface area contributed by atoms with Crippen LogP contribution in [0, 0.1) is 5.82 Å². The van der Waals surface area contributed by atoms with Gasteiger partial charge in [-0.05, 0) is 48.7 Å². The second kappa shape index (κ2) is 7.21. The Bertz CT molecular complexity index is 1180. The van der Waals surface area contributed by atoms with Crippen molar-refractivity contribution in [1.82, 2.24) is 15.2 Å². The third-order valence-electron chi connectivity index (χ3n) is 4.53. The molecule has 1 aliphatic heterocycles. The number of hydrogen-bond donors (Lipinski definition) is 1. The van der Waals surface area contributed by atoms with Crippen LogP contribution in [0.15, 0.2) is 70.2 Å². The molecule has 1 aliphatic rings. The number of rotatable bonds is 3. The molecule has 2 aromatic heterocycles. The molecule has 0 saturated heterocycles. The predicted octanol–water partition coefficient (Wildman–Crippen LogP) is 5.16. The van der Waals surface area contributed by atoms with Crippen molar-refractivity contribution in [2.45, 2.75) is 11.4 Å². The van der Waals surface area contributed by atoms with Gasteiger partial charge < -0.3 is 14.5 Å². The Labute approximate surface area is 170 Å². The number of para-hydroxylation sites is 1. The van der Waals surface area contributed by atoms with Crippen molar-refractivity contribution in [3.8, 4) is 28.5 Å². The van der Waals surface area contributed by atoms with E-state index in [4.69, 9.17) is 9.15 Å². The molecule has 1 N–H and O–H groups in total. The topological polar surface area (TPSA) is 73.1 Å². The van der Waals surface area contributed by atoms with E-state index in [1.54, 1.807) is 12.1 Å². The molecule has 5 rings (SSSR count). The van der Waals surface area contributed by atoms with Crippen LogP contribution in [0.1, 0.15) is 12.0 Å². The Morgan fingerprint density at radius 2 is 1.83 bits per heavy atom. The number of ether oxygens (including phenoxy) is 1. The summed E-state index contributed by atoms with van der Waals surface area (Å²) < 4.78 is 25.4. The summed E-state index contributed by atoms with van der Waals surface area (Å²) in [5.74, 6) is 1.27. The van der Waals surface area contributed by atoms with Crippen molar-refractivity contribution in [1.29, 1.82) is 0 Å². The number of halogens is 1. The summed E-state index contributed by atoms with van der Waals surface area (Å²) in [6.07, 6.45) is 1.27. The number of nitrogens with zero attached hydrogens (tertiary/aromatic N) is 3. The van der Waals surface area contributed by atoms with E-state index < -0.39 is 6.23 Å². The van der Waals surface area contributed by atoms with Gasteiger partial charge in [0.25, 0.3) is 0 Å². The number of hydrogen-bond acceptors (Lipinski definition) is 7. The van der Waals surface area contributed by atoms with Crippen LogP contribution in [-0.2, 0) is 0 Å². The molecule has 0 saturated carbocycles. The first-order valence-corrected chi connectivity index (χ1v) is 10.1. The summed E-state index contributed by atoms with van der Waals surface area (Å²) in [5.41, 5.74) is 3.03. The van der Waals surface area contributed by atoms with Crippen LogP contribution in [0.3, 0.4) is 0 Å². The molecule has 2 aromatic carbocycles. The Balaban J connectivity index is 1.56. The minimum absolute atomic E-state index is 0.292. The number of anilines is 1. The van der Waals surface area contributed by atoms with E-state index in [-0.39, 0.29) is 5.82 Å². The maximum absolute atomic E-state index is 13.2. The molecule has 0 spiro atoms. The fourth-order valence-corrected chi connectivity index (χ4v) is 3.42. The third-order valence-corrected chi connectivity index (χ3v) is 5.07. The first-order chi connectivity index (χ1) is 14.2. The van der Waals surface area contributed by atoms with E-state index in [1.807, 2.05) is 42.7 Å². The van der Waals surface area contributed by atoms with Crippen molar-refractivity contribution < 1.29 is 13.5 Å². The van der Waals surface area contributed by atoms with Crippen molar-refractivity contribution in [2.24, 2.45) is 0 Å². The fourth-order valence-electron chi connectivity index (χ4n) is 3.13. The lowest BCUT2D eigenvalue weighted by molar-refractivity contribution is 0.196. The molecule has 0 amide bonds. The van der Waals surface area contributed by atoms with Crippen molar-refractivity contribution in [2.75, 3.05) is 11.6 Å². The summed E-state index contributed by atoms with van der Waals surface area (Å²) in [6.45, 7) is 0. The highest BCUT2D eigenvalue weighted by atomic mass is 32.2. The average Bonchev–Trinajstić information content (AvgIpc) is 3.18. The van der Waals surface area contributed by atoms with Crippen LogP contribution in [0.2, 0.25) is 0 Å². The molecule has 6 nitrogen and oxygen atoms in total. The second-order valence-corrected chi connectivity index (χ2v) is 7.12. The maximum Gasteiger partial charge on any atom is 0.247 e. The van der Waals surface area contributed by atoms with Gasteiger partial charge in [-0.2, -0.15) is 4.98 Å². The second-order valence-electron chi connectivity index (χ2n) is 6.35. The lowest BCUT2D eigenvalue weighted by atomic mass is 10.1. The zero-order valence-corrected chi connectivity index (χ0v) is 16.1. The summed E-state index contributed by atoms with van der Waals surface area (Å²) in [6, 6.07) is 17.5. The van der Waals surface area contributed by atoms with Gasteiger partial charge in [0.15, 0.2) is 11.5 Å². The molecule has 0 aliphatic carbocycles. The highest BCUT2D eigenvalue weighted by Gasteiger charge is 2.27. The van der Waals surface area contributed by atoms with Gasteiger partial charge in [-0.1, -0.05) is 30.0 Å². The van der Waals surface area contributed by atoms with Crippen molar-refractivity contribution >= 4 is 17.4 Å². The molecule has 0 bridgehead atoms. The molecule has 3 heterocycles. The zero-order valence-electron chi connectivity index (χ0n) is 15.3. The summed E-state index contributed by atoms with van der Waals surface area (Å²) >= 11 is 1.39. The quantitative estimate of drug-likeness (QED) is 0.471. The van der Waals surface area contributed by atoms with Gasteiger partial charge in [-0.15, -0.1) is 10.2 Å². The van der Waals surface area contributed by atoms with Crippen LogP contribution < -0.4 is 10.1 Å². The van der Waals surface area contributed by atoms with Gasteiger partial charge >= 0.3 is 0 Å². The first-order valence-electron chi connectivity index (χ1n) is 8.88. The van der Waals surface area contributed by atoms with Gasteiger partial charge in [0.2, 0.25) is 17.3 Å². The first kappa shape index (κ1) is 17.7. The highest BCUT2D eigenvalue weighted by Crippen LogP contribution is 2.40. The van der Waals surface area contributed by atoms with E-state index in [1.165, 1.54) is 23.9 Å². The smallest absolute Gasteiger partial charge is 0.247 e. The predicted molar refractivity (Wildman–Crippen MR) is 108 cm³/mol. The molecular weight excluding hydrogens is 391 g/mol. The SMILES string of the molecule is CSc1nnc2c(n1)OC(c1ccc(-c3ccc(F)cc3)o1)Nc1ccccc1-2. The lowest BCUT2D eigenvalue weighted by Gasteiger charge is -2.16. The molecular formula is C21H15FN4O2S. The average molecular weight is 406 g/mol. The zero-order chi connectivity index (χ0) is 19.8. The normalized spacial score (nSPS) is 14.9. The Hall–Kier alpha value is -3.39. The monoisotopic (exact) mass is 406 g/mol. The summed E-state index contributed by atoms with van der Waals surface area (Å²) in [5, 5.41) is 12.3. The lowest BCUT2D eigenvalue weighted by Crippen LogP contribution is -2.16. The van der Waals surface area contributed by atoms with Gasteiger partial charge in [0.05, 0.1) is 0 Å². The molecule has 1 atom stereocenters. The minimum Gasteiger partial charge on any atom is -0.455 e. The minimum atomic E-state index is -0.613. The molecule has 29 heavy (non-hydrogen) atoms.